The van der Waals surface area contributed by atoms with Crippen molar-refractivity contribution in [2.45, 2.75) is 43.4 Å². The van der Waals surface area contributed by atoms with Crippen molar-refractivity contribution in [1.82, 2.24) is 20.9 Å². The van der Waals surface area contributed by atoms with Gasteiger partial charge in [-0.15, -0.1) is 0 Å². The van der Waals surface area contributed by atoms with Crippen molar-refractivity contribution < 1.29 is 34.2 Å². The molecular formula is C27H31N5O7S. The number of amides is 3. The number of aliphatic carboxylic acids is 2. The van der Waals surface area contributed by atoms with E-state index in [1.54, 1.807) is 36.5 Å². The number of fused-ring (bicyclic) bond motifs is 1. The molecule has 4 unspecified atom stereocenters. The Hall–Kier alpha value is -4.36. The molecule has 0 radical (unpaired) electrons. The Morgan fingerprint density at radius 2 is 1.40 bits per heavy atom. The van der Waals surface area contributed by atoms with E-state index in [0.717, 1.165) is 10.9 Å². The van der Waals surface area contributed by atoms with Crippen LogP contribution in [0.5, 0.6) is 0 Å². The summed E-state index contributed by atoms with van der Waals surface area (Å²) in [7, 11) is 0. The highest BCUT2D eigenvalue weighted by Crippen LogP contribution is 2.19. The standard InChI is InChI=1S/C27H31N5O7S/c28-18(12-23(33)34)24(35)30-20(11-16-13-29-19-9-5-4-8-17(16)19)25(36)32-22(14-40)26(37)31-21(27(38)39)10-15-6-2-1-3-7-15/h1-9,13,18,20-22,29,40H,10-12,14,28H2,(H,30,35)(H,31,37)(H,32,36)(H,33,34)(H,38,39). The van der Waals surface area contributed by atoms with Crippen molar-refractivity contribution in [3.05, 3.63) is 71.9 Å². The normalized spacial score (nSPS) is 13.9. The average molecular weight is 570 g/mol. The van der Waals surface area contributed by atoms with Gasteiger partial charge in [0.1, 0.15) is 18.1 Å². The van der Waals surface area contributed by atoms with Crippen molar-refractivity contribution in [2.75, 3.05) is 5.75 Å². The number of aromatic amines is 1. The van der Waals surface area contributed by atoms with Crippen LogP contribution in [0.2, 0.25) is 0 Å². The van der Waals surface area contributed by atoms with Crippen LogP contribution in [-0.2, 0) is 36.8 Å². The van der Waals surface area contributed by atoms with Gasteiger partial charge in [-0.25, -0.2) is 4.79 Å². The molecule has 0 bridgehead atoms. The van der Waals surface area contributed by atoms with E-state index in [9.17, 15) is 29.1 Å². The fraction of sp³-hybridized carbons (Fsp3) is 0.296. The van der Waals surface area contributed by atoms with Gasteiger partial charge in [0.25, 0.3) is 0 Å². The molecule has 8 N–H and O–H groups in total. The number of para-hydroxylation sites is 1. The van der Waals surface area contributed by atoms with Gasteiger partial charge >= 0.3 is 11.9 Å². The predicted molar refractivity (Wildman–Crippen MR) is 150 cm³/mol. The molecule has 1 heterocycles. The van der Waals surface area contributed by atoms with Gasteiger partial charge in [0.15, 0.2) is 0 Å². The summed E-state index contributed by atoms with van der Waals surface area (Å²) in [5.74, 6) is -5.09. The molecule has 2 aromatic carbocycles. The maximum Gasteiger partial charge on any atom is 0.326 e. The number of rotatable bonds is 14. The minimum absolute atomic E-state index is 0.00591. The number of hydrogen-bond donors (Lipinski definition) is 8. The van der Waals surface area contributed by atoms with Crippen LogP contribution in [-0.4, -0.2) is 74.8 Å². The van der Waals surface area contributed by atoms with Crippen molar-refractivity contribution in [1.29, 1.82) is 0 Å². The molecule has 0 aliphatic heterocycles. The molecule has 4 atom stereocenters. The van der Waals surface area contributed by atoms with E-state index in [4.69, 9.17) is 10.8 Å². The van der Waals surface area contributed by atoms with Gasteiger partial charge in [0, 0.05) is 35.7 Å². The summed E-state index contributed by atoms with van der Waals surface area (Å²) in [5.41, 5.74) is 7.87. The summed E-state index contributed by atoms with van der Waals surface area (Å²) in [5, 5.41) is 26.8. The Labute approximate surface area is 235 Å². The third-order valence-corrected chi connectivity index (χ3v) is 6.54. The molecule has 40 heavy (non-hydrogen) atoms. The molecule has 0 aliphatic rings. The second kappa shape index (κ2) is 14.1. The Kier molecular flexibility index (Phi) is 10.7. The van der Waals surface area contributed by atoms with Crippen LogP contribution in [0.3, 0.4) is 0 Å². The van der Waals surface area contributed by atoms with Crippen LogP contribution in [0.4, 0.5) is 0 Å². The fourth-order valence-electron chi connectivity index (χ4n) is 4.08. The SMILES string of the molecule is NC(CC(=O)O)C(=O)NC(Cc1c[nH]c2ccccc12)C(=O)NC(CS)C(=O)NC(Cc1ccccc1)C(=O)O. The number of carbonyl (C=O) groups excluding carboxylic acids is 3. The topological polar surface area (TPSA) is 204 Å². The second-order valence-corrected chi connectivity index (χ2v) is 9.53. The van der Waals surface area contributed by atoms with Gasteiger partial charge in [0.05, 0.1) is 12.5 Å². The van der Waals surface area contributed by atoms with Gasteiger partial charge in [-0.05, 0) is 17.2 Å². The molecule has 3 aromatic rings. The molecule has 0 aliphatic carbocycles. The number of carboxylic acids is 2. The lowest BCUT2D eigenvalue weighted by Crippen LogP contribution is -2.58. The Balaban J connectivity index is 1.76. The maximum absolute atomic E-state index is 13.3. The number of hydrogen-bond acceptors (Lipinski definition) is 7. The molecule has 3 amide bonds. The average Bonchev–Trinajstić information content (AvgIpc) is 3.33. The van der Waals surface area contributed by atoms with Gasteiger partial charge in [-0.3, -0.25) is 19.2 Å². The molecule has 0 fully saturated rings. The van der Waals surface area contributed by atoms with Crippen LogP contribution < -0.4 is 21.7 Å². The van der Waals surface area contributed by atoms with Crippen LogP contribution in [0.1, 0.15) is 17.5 Å². The van der Waals surface area contributed by atoms with Crippen molar-refractivity contribution in [2.24, 2.45) is 5.73 Å². The summed E-state index contributed by atoms with van der Waals surface area (Å²) >= 11 is 4.15. The molecule has 3 rings (SSSR count). The number of nitrogens with one attached hydrogen (secondary N) is 4. The van der Waals surface area contributed by atoms with Gasteiger partial charge < -0.3 is 36.9 Å². The Morgan fingerprint density at radius 1 is 0.800 bits per heavy atom. The lowest BCUT2D eigenvalue weighted by Gasteiger charge is -2.24. The van der Waals surface area contributed by atoms with E-state index in [2.05, 4.69) is 33.6 Å². The number of thiol groups is 1. The number of carboxylic acid groups (broad SMARTS) is 2. The molecular weight excluding hydrogens is 538 g/mol. The van der Waals surface area contributed by atoms with E-state index in [0.29, 0.717) is 11.1 Å². The minimum atomic E-state index is -1.41. The summed E-state index contributed by atoms with van der Waals surface area (Å²) in [6.07, 6.45) is 1.05. The first-order valence-corrected chi connectivity index (χ1v) is 13.0. The lowest BCUT2D eigenvalue weighted by atomic mass is 10.0. The van der Waals surface area contributed by atoms with Crippen molar-refractivity contribution >= 4 is 53.2 Å². The first kappa shape index (κ1) is 30.2. The second-order valence-electron chi connectivity index (χ2n) is 9.16. The Bertz CT molecular complexity index is 1360. The van der Waals surface area contributed by atoms with E-state index in [1.807, 2.05) is 24.3 Å². The highest BCUT2D eigenvalue weighted by molar-refractivity contribution is 7.80. The first-order valence-electron chi connectivity index (χ1n) is 12.4. The highest BCUT2D eigenvalue weighted by atomic mass is 32.1. The van der Waals surface area contributed by atoms with Crippen molar-refractivity contribution in [3.63, 3.8) is 0 Å². The lowest BCUT2D eigenvalue weighted by molar-refractivity contribution is -0.142. The number of aromatic nitrogens is 1. The zero-order valence-electron chi connectivity index (χ0n) is 21.4. The molecule has 12 nitrogen and oxygen atoms in total. The van der Waals surface area contributed by atoms with Gasteiger partial charge in [-0.1, -0.05) is 48.5 Å². The quantitative estimate of drug-likeness (QED) is 0.126. The van der Waals surface area contributed by atoms with E-state index in [1.165, 1.54) is 0 Å². The fourth-order valence-corrected chi connectivity index (χ4v) is 4.33. The smallest absolute Gasteiger partial charge is 0.326 e. The zero-order chi connectivity index (χ0) is 29.2. The molecule has 13 heteroatoms. The highest BCUT2D eigenvalue weighted by Gasteiger charge is 2.31. The molecule has 1 aromatic heterocycles. The van der Waals surface area contributed by atoms with Gasteiger partial charge in [0.2, 0.25) is 17.7 Å². The molecule has 212 valence electrons. The number of benzene rings is 2. The summed E-state index contributed by atoms with van der Waals surface area (Å²) in [6.45, 7) is 0. The number of nitrogens with two attached hydrogens (primary N) is 1. The molecule has 0 saturated carbocycles. The van der Waals surface area contributed by atoms with Crippen LogP contribution >= 0.6 is 12.6 Å². The molecule has 0 spiro atoms. The predicted octanol–water partition coefficient (Wildman–Crippen LogP) is 0.224. The molecule has 0 saturated heterocycles. The Morgan fingerprint density at radius 3 is 2.05 bits per heavy atom. The van der Waals surface area contributed by atoms with E-state index >= 15 is 0 Å². The zero-order valence-corrected chi connectivity index (χ0v) is 22.3. The number of carbonyl (C=O) groups is 5. The number of H-pyrrole nitrogens is 1. The van der Waals surface area contributed by atoms with E-state index in [-0.39, 0.29) is 18.6 Å². The van der Waals surface area contributed by atoms with E-state index < -0.39 is 60.2 Å². The maximum atomic E-state index is 13.3. The largest absolute Gasteiger partial charge is 0.481 e. The summed E-state index contributed by atoms with van der Waals surface area (Å²) in [4.78, 5) is 64.8. The van der Waals surface area contributed by atoms with Crippen LogP contribution in [0, 0.1) is 0 Å². The monoisotopic (exact) mass is 569 g/mol. The summed E-state index contributed by atoms with van der Waals surface area (Å²) in [6, 6.07) is 10.9. The van der Waals surface area contributed by atoms with Crippen molar-refractivity contribution in [3.8, 4) is 0 Å². The van der Waals surface area contributed by atoms with Crippen LogP contribution in [0.25, 0.3) is 10.9 Å². The van der Waals surface area contributed by atoms with Crippen LogP contribution in [0.15, 0.2) is 60.8 Å². The minimum Gasteiger partial charge on any atom is -0.481 e. The third-order valence-electron chi connectivity index (χ3n) is 6.18. The summed E-state index contributed by atoms with van der Waals surface area (Å²) < 4.78 is 0. The first-order chi connectivity index (χ1) is 19.1. The van der Waals surface area contributed by atoms with Gasteiger partial charge in [-0.2, -0.15) is 12.6 Å². The third kappa shape index (κ3) is 8.32.